The second-order valence-electron chi connectivity index (χ2n) is 11.2. The van der Waals surface area contributed by atoms with Gasteiger partial charge in [0, 0.05) is 47.5 Å². The van der Waals surface area contributed by atoms with E-state index >= 15 is 0 Å². The molecule has 0 bridgehead atoms. The Balaban J connectivity index is 1.20. The van der Waals surface area contributed by atoms with Gasteiger partial charge in [0.15, 0.2) is 0 Å². The summed E-state index contributed by atoms with van der Waals surface area (Å²) < 4.78 is 2.25. The number of rotatable bonds is 3. The molecule has 0 saturated heterocycles. The van der Waals surface area contributed by atoms with E-state index < -0.39 is 0 Å². The van der Waals surface area contributed by atoms with Gasteiger partial charge < -0.3 is 9.88 Å². The fourth-order valence-corrected chi connectivity index (χ4v) is 7.90. The summed E-state index contributed by atoms with van der Waals surface area (Å²) in [6.45, 7) is 5.03. The van der Waals surface area contributed by atoms with Crippen LogP contribution >= 0.6 is 0 Å². The Bertz CT molecular complexity index is 1100. The van der Waals surface area contributed by atoms with Crippen LogP contribution in [-0.2, 0) is 0 Å². The van der Waals surface area contributed by atoms with Crippen molar-refractivity contribution in [1.29, 1.82) is 0 Å². The van der Waals surface area contributed by atoms with Crippen molar-refractivity contribution in [3.63, 3.8) is 0 Å². The highest BCUT2D eigenvalue weighted by atomic mass is 16.1. The summed E-state index contributed by atoms with van der Waals surface area (Å²) >= 11 is 0. The van der Waals surface area contributed by atoms with E-state index in [2.05, 4.69) is 52.0 Å². The molecule has 6 rings (SSSR count). The van der Waals surface area contributed by atoms with Gasteiger partial charge in [0.1, 0.15) is 0 Å². The predicted molar refractivity (Wildman–Crippen MR) is 129 cm³/mol. The average molecular weight is 443 g/mol. The van der Waals surface area contributed by atoms with Gasteiger partial charge in [-0.15, -0.1) is 0 Å². The Hall–Kier alpha value is -2.69. The largest absolute Gasteiger partial charge is 0.349 e. The first-order valence-corrected chi connectivity index (χ1v) is 12.6. The number of hydrogen-bond donors (Lipinski definition) is 1. The molecule has 2 heterocycles. The first kappa shape index (κ1) is 20.9. The number of allylic oxidation sites excluding steroid dienone is 3. The van der Waals surface area contributed by atoms with Gasteiger partial charge in [-0.05, 0) is 80.2 Å². The summed E-state index contributed by atoms with van der Waals surface area (Å²) in [7, 11) is 0. The summed E-state index contributed by atoms with van der Waals surface area (Å²) in [5.41, 5.74) is 4.29. The van der Waals surface area contributed by atoms with Crippen LogP contribution < -0.4 is 5.32 Å². The molecule has 2 fully saturated rings. The Morgan fingerprint density at radius 1 is 1.00 bits per heavy atom. The van der Waals surface area contributed by atoms with Crippen molar-refractivity contribution >= 4 is 11.6 Å². The smallest absolute Gasteiger partial charge is 0.251 e. The number of aromatic nitrogens is 3. The number of pyridine rings is 1. The van der Waals surface area contributed by atoms with Crippen LogP contribution in [0.2, 0.25) is 0 Å². The molecule has 1 amide bonds. The SMILES string of the molecule is C[C@]12CC[C@H](NC(=O)c3ccncc3)CC1=CC[C@@H]1[C@@H]2CC[C@]2(C)C(n3ccnc3)=CC[C@@H]12. The number of hydrogen-bond acceptors (Lipinski definition) is 3. The lowest BCUT2D eigenvalue weighted by Crippen LogP contribution is -2.51. The highest BCUT2D eigenvalue weighted by molar-refractivity contribution is 5.94. The second-order valence-corrected chi connectivity index (χ2v) is 11.2. The van der Waals surface area contributed by atoms with Crippen molar-refractivity contribution in [2.45, 2.75) is 64.8 Å². The molecule has 0 unspecified atom stereocenters. The third-order valence-electron chi connectivity index (χ3n) is 9.70. The number of nitrogens with one attached hydrogen (secondary N) is 1. The molecular weight excluding hydrogens is 408 g/mol. The van der Waals surface area contributed by atoms with E-state index in [9.17, 15) is 4.79 Å². The van der Waals surface area contributed by atoms with Gasteiger partial charge in [0.25, 0.3) is 5.91 Å². The monoisotopic (exact) mass is 442 g/mol. The minimum absolute atomic E-state index is 0.0257. The van der Waals surface area contributed by atoms with E-state index in [4.69, 9.17) is 0 Å². The topological polar surface area (TPSA) is 59.8 Å². The lowest BCUT2D eigenvalue weighted by atomic mass is 9.47. The van der Waals surface area contributed by atoms with Crippen LogP contribution in [0, 0.1) is 28.6 Å². The maximum Gasteiger partial charge on any atom is 0.251 e. The summed E-state index contributed by atoms with van der Waals surface area (Å²) in [5, 5.41) is 3.30. The number of amides is 1. The second kappa shape index (κ2) is 7.68. The fraction of sp³-hybridized carbons (Fsp3) is 0.536. The molecule has 0 radical (unpaired) electrons. The summed E-state index contributed by atoms with van der Waals surface area (Å²) in [4.78, 5) is 21.0. The average Bonchev–Trinajstić information content (AvgIpc) is 3.47. The molecule has 1 N–H and O–H groups in total. The van der Waals surface area contributed by atoms with E-state index in [-0.39, 0.29) is 22.8 Å². The van der Waals surface area contributed by atoms with Crippen LogP contribution in [0.25, 0.3) is 5.70 Å². The third kappa shape index (κ3) is 3.23. The maximum atomic E-state index is 12.7. The lowest BCUT2D eigenvalue weighted by molar-refractivity contribution is -0.0137. The zero-order valence-corrected chi connectivity index (χ0v) is 19.7. The molecule has 0 aromatic carbocycles. The quantitative estimate of drug-likeness (QED) is 0.640. The van der Waals surface area contributed by atoms with Crippen molar-refractivity contribution in [1.82, 2.24) is 19.9 Å². The van der Waals surface area contributed by atoms with E-state index in [0.717, 1.165) is 24.7 Å². The Morgan fingerprint density at radius 2 is 1.82 bits per heavy atom. The van der Waals surface area contributed by atoms with Crippen molar-refractivity contribution < 1.29 is 4.79 Å². The van der Waals surface area contributed by atoms with Gasteiger partial charge in [0.2, 0.25) is 0 Å². The van der Waals surface area contributed by atoms with Gasteiger partial charge >= 0.3 is 0 Å². The maximum absolute atomic E-state index is 12.7. The van der Waals surface area contributed by atoms with Crippen molar-refractivity contribution in [3.8, 4) is 0 Å². The van der Waals surface area contributed by atoms with Crippen molar-refractivity contribution in [2.24, 2.45) is 28.6 Å². The number of imidazole rings is 1. The molecule has 5 heteroatoms. The molecule has 0 spiro atoms. The third-order valence-corrected chi connectivity index (χ3v) is 9.70. The number of nitrogens with zero attached hydrogens (tertiary/aromatic N) is 3. The van der Waals surface area contributed by atoms with Gasteiger partial charge in [-0.25, -0.2) is 4.98 Å². The standard InChI is InChI=1S/C28H34N4O/c1-27-11-7-21(31-26(33)19-9-13-29-14-10-19)17-20(27)3-4-22-23-5-6-25(32-16-15-30-18-32)28(23,2)12-8-24(22)27/h3,6,9-10,13-16,18,21-24H,4-5,7-8,11-12,17H2,1-2H3,(H,31,33)/t21-,22-,23-,24-,27-,28-/m0/s1. The van der Waals surface area contributed by atoms with Crippen LogP contribution in [0.4, 0.5) is 0 Å². The highest BCUT2D eigenvalue weighted by Crippen LogP contribution is 2.65. The predicted octanol–water partition coefficient (Wildman–Crippen LogP) is 5.49. The number of carbonyl (C=O) groups excluding carboxylic acids is 1. The van der Waals surface area contributed by atoms with Gasteiger partial charge in [0.05, 0.1) is 6.33 Å². The molecular formula is C28H34N4O. The molecule has 172 valence electrons. The van der Waals surface area contributed by atoms with Crippen LogP contribution in [0.3, 0.4) is 0 Å². The fourth-order valence-electron chi connectivity index (χ4n) is 7.90. The van der Waals surface area contributed by atoms with Gasteiger partial charge in [-0.3, -0.25) is 9.78 Å². The molecule has 2 aromatic heterocycles. The Kier molecular flexibility index (Phi) is 4.86. The van der Waals surface area contributed by atoms with E-state index in [0.29, 0.717) is 11.5 Å². The molecule has 4 aliphatic rings. The van der Waals surface area contributed by atoms with Crippen LogP contribution in [-0.4, -0.2) is 26.5 Å². The van der Waals surface area contributed by atoms with Gasteiger partial charge in [-0.2, -0.15) is 0 Å². The molecule has 4 aliphatic carbocycles. The minimum atomic E-state index is 0.0257. The number of carbonyl (C=O) groups is 1. The lowest BCUT2D eigenvalue weighted by Gasteiger charge is -2.58. The van der Waals surface area contributed by atoms with Crippen LogP contribution in [0.15, 0.2) is 61.0 Å². The van der Waals surface area contributed by atoms with Gasteiger partial charge in [-0.1, -0.05) is 31.6 Å². The molecule has 2 saturated carbocycles. The highest BCUT2D eigenvalue weighted by Gasteiger charge is 2.57. The van der Waals surface area contributed by atoms with Crippen LogP contribution in [0.1, 0.15) is 69.2 Å². The first-order chi connectivity index (χ1) is 16.0. The number of fused-ring (bicyclic) bond motifs is 5. The molecule has 0 aliphatic heterocycles. The first-order valence-electron chi connectivity index (χ1n) is 12.6. The van der Waals surface area contributed by atoms with Crippen LogP contribution in [0.5, 0.6) is 0 Å². The molecule has 33 heavy (non-hydrogen) atoms. The summed E-state index contributed by atoms with van der Waals surface area (Å²) in [6, 6.07) is 3.82. The molecule has 5 nitrogen and oxygen atoms in total. The van der Waals surface area contributed by atoms with Crippen molar-refractivity contribution in [3.05, 3.63) is 66.5 Å². The van der Waals surface area contributed by atoms with E-state index in [1.165, 1.54) is 37.8 Å². The zero-order valence-electron chi connectivity index (χ0n) is 19.7. The van der Waals surface area contributed by atoms with Crippen molar-refractivity contribution in [2.75, 3.05) is 0 Å². The minimum Gasteiger partial charge on any atom is -0.349 e. The zero-order chi connectivity index (χ0) is 22.6. The summed E-state index contributed by atoms with van der Waals surface area (Å²) in [5.74, 6) is 2.24. The summed E-state index contributed by atoms with van der Waals surface area (Å²) in [6.07, 6.45) is 22.5. The normalized spacial score (nSPS) is 37.3. The molecule has 6 atom stereocenters. The molecule has 2 aromatic rings. The van der Waals surface area contributed by atoms with E-state index in [1.54, 1.807) is 30.1 Å². The Morgan fingerprint density at radius 3 is 2.61 bits per heavy atom. The van der Waals surface area contributed by atoms with E-state index in [1.807, 2.05) is 12.5 Å². The Labute approximate surface area is 196 Å².